The molecule has 0 aliphatic carbocycles. The zero-order chi connectivity index (χ0) is 21.9. The van der Waals surface area contributed by atoms with Gasteiger partial charge in [-0.1, -0.05) is 19.1 Å². The molecule has 0 radical (unpaired) electrons. The molecule has 0 spiro atoms. The van der Waals surface area contributed by atoms with Crippen LogP contribution < -0.4 is 20.8 Å². The second-order valence-corrected chi connectivity index (χ2v) is 6.61. The van der Waals surface area contributed by atoms with Gasteiger partial charge in [0.25, 0.3) is 5.91 Å². The molecule has 3 N–H and O–H groups in total. The van der Waals surface area contributed by atoms with Gasteiger partial charge in [0.1, 0.15) is 5.75 Å². The van der Waals surface area contributed by atoms with E-state index < -0.39 is 11.8 Å². The van der Waals surface area contributed by atoms with Gasteiger partial charge in [0, 0.05) is 12.2 Å². The van der Waals surface area contributed by atoms with E-state index in [1.807, 2.05) is 39.0 Å². The molecule has 0 fully saturated rings. The Morgan fingerprint density at radius 1 is 1.03 bits per heavy atom. The number of nitrogens with zero attached hydrogens (tertiary/aromatic N) is 1. The third kappa shape index (κ3) is 7.05. The number of nitrogens with one attached hydrogen (secondary N) is 3. The number of aryl methyl sites for hydroxylation is 1. The summed E-state index contributed by atoms with van der Waals surface area (Å²) < 4.78 is 5.50. The van der Waals surface area contributed by atoms with Crippen LogP contribution in [-0.4, -0.2) is 37.1 Å². The minimum absolute atomic E-state index is 0.121. The van der Waals surface area contributed by atoms with Crippen LogP contribution in [0.25, 0.3) is 0 Å². The van der Waals surface area contributed by atoms with E-state index in [2.05, 4.69) is 21.2 Å². The molecule has 2 rings (SSSR count). The Balaban J connectivity index is 1.80. The Hall–Kier alpha value is -3.68. The lowest BCUT2D eigenvalue weighted by Gasteiger charge is -2.11. The van der Waals surface area contributed by atoms with Crippen molar-refractivity contribution in [2.45, 2.75) is 27.2 Å². The molecule has 0 aliphatic heterocycles. The van der Waals surface area contributed by atoms with Crippen molar-refractivity contribution in [2.24, 2.45) is 5.10 Å². The molecule has 0 saturated carbocycles. The zero-order valence-electron chi connectivity index (χ0n) is 17.3. The Morgan fingerprint density at radius 2 is 1.77 bits per heavy atom. The van der Waals surface area contributed by atoms with Crippen LogP contribution in [0.2, 0.25) is 0 Å². The van der Waals surface area contributed by atoms with Crippen LogP contribution in [0.15, 0.2) is 47.6 Å². The Labute approximate surface area is 175 Å². The molecule has 0 unspecified atom stereocenters. The van der Waals surface area contributed by atoms with Gasteiger partial charge in [0.2, 0.25) is 0 Å². The van der Waals surface area contributed by atoms with Crippen molar-refractivity contribution in [3.8, 4) is 5.75 Å². The summed E-state index contributed by atoms with van der Waals surface area (Å²) in [5, 5.41) is 9.04. The highest BCUT2D eigenvalue weighted by atomic mass is 16.5. The maximum Gasteiger partial charge on any atom is 0.329 e. The lowest BCUT2D eigenvalue weighted by atomic mass is 10.1. The first-order valence-corrected chi connectivity index (χ1v) is 9.61. The molecule has 8 nitrogen and oxygen atoms in total. The lowest BCUT2D eigenvalue weighted by molar-refractivity contribution is -0.139. The van der Waals surface area contributed by atoms with Crippen LogP contribution in [0, 0.1) is 13.8 Å². The Kier molecular flexibility index (Phi) is 8.56. The first kappa shape index (κ1) is 22.6. The summed E-state index contributed by atoms with van der Waals surface area (Å²) in [4.78, 5) is 35.1. The van der Waals surface area contributed by atoms with E-state index in [0.717, 1.165) is 23.2 Å². The minimum Gasteiger partial charge on any atom is -0.484 e. The number of carbonyl (C=O) groups is 3. The van der Waals surface area contributed by atoms with E-state index >= 15 is 0 Å². The van der Waals surface area contributed by atoms with Gasteiger partial charge in [0.05, 0.1) is 6.21 Å². The van der Waals surface area contributed by atoms with Gasteiger partial charge in [-0.25, -0.2) is 5.43 Å². The van der Waals surface area contributed by atoms with Crippen molar-refractivity contribution in [3.63, 3.8) is 0 Å². The van der Waals surface area contributed by atoms with Crippen LogP contribution in [0.3, 0.4) is 0 Å². The van der Waals surface area contributed by atoms with E-state index in [4.69, 9.17) is 4.74 Å². The summed E-state index contributed by atoms with van der Waals surface area (Å²) >= 11 is 0. The third-order valence-electron chi connectivity index (χ3n) is 4.25. The van der Waals surface area contributed by atoms with Crippen molar-refractivity contribution >= 4 is 29.6 Å². The third-order valence-corrected chi connectivity index (χ3v) is 4.25. The summed E-state index contributed by atoms with van der Waals surface area (Å²) in [7, 11) is 0. The number of benzene rings is 2. The largest absolute Gasteiger partial charge is 0.484 e. The topological polar surface area (TPSA) is 109 Å². The molecule has 0 aromatic heterocycles. The molecule has 8 heteroatoms. The highest BCUT2D eigenvalue weighted by Crippen LogP contribution is 2.18. The van der Waals surface area contributed by atoms with Gasteiger partial charge in [-0.2, -0.15) is 5.10 Å². The van der Waals surface area contributed by atoms with Gasteiger partial charge in [-0.3, -0.25) is 14.4 Å². The molecular weight excluding hydrogens is 384 g/mol. The number of amides is 3. The smallest absolute Gasteiger partial charge is 0.329 e. The van der Waals surface area contributed by atoms with Crippen molar-refractivity contribution in [3.05, 3.63) is 59.2 Å². The van der Waals surface area contributed by atoms with Gasteiger partial charge in [-0.15, -0.1) is 0 Å². The first-order chi connectivity index (χ1) is 14.4. The molecule has 0 atom stereocenters. The van der Waals surface area contributed by atoms with Gasteiger partial charge in [-0.05, 0) is 67.3 Å². The number of carbonyl (C=O) groups excluding carboxylic acids is 3. The molecule has 2 aromatic rings. The lowest BCUT2D eigenvalue weighted by Crippen LogP contribution is -2.38. The normalized spacial score (nSPS) is 10.5. The summed E-state index contributed by atoms with van der Waals surface area (Å²) in [6.07, 6.45) is 2.14. The average molecular weight is 410 g/mol. The number of ether oxygens (including phenoxy) is 1. The van der Waals surface area contributed by atoms with E-state index in [0.29, 0.717) is 17.9 Å². The van der Waals surface area contributed by atoms with Crippen molar-refractivity contribution < 1.29 is 19.1 Å². The summed E-state index contributed by atoms with van der Waals surface area (Å²) in [6.45, 7) is 6.14. The molecule has 30 heavy (non-hydrogen) atoms. The van der Waals surface area contributed by atoms with E-state index in [9.17, 15) is 14.4 Å². The summed E-state index contributed by atoms with van der Waals surface area (Å²) in [5.41, 5.74) is 5.73. The molecular formula is C22H26N4O4. The fourth-order valence-corrected chi connectivity index (χ4v) is 2.41. The molecule has 0 saturated heterocycles. The highest BCUT2D eigenvalue weighted by Gasteiger charge is 2.10. The number of hydrazone groups is 1. The predicted octanol–water partition coefficient (Wildman–Crippen LogP) is 2.30. The first-order valence-electron chi connectivity index (χ1n) is 9.61. The minimum atomic E-state index is -0.825. The van der Waals surface area contributed by atoms with Crippen LogP contribution in [0.4, 0.5) is 5.69 Å². The maximum atomic E-state index is 12.1. The average Bonchev–Trinajstić information content (AvgIpc) is 2.74. The van der Waals surface area contributed by atoms with Gasteiger partial charge >= 0.3 is 11.8 Å². The van der Waals surface area contributed by atoms with E-state index in [1.54, 1.807) is 24.3 Å². The SMILES string of the molecule is CCCNC(=O)C(=O)N/N=C\c1ccc(OCC(=O)Nc2cccc(C)c2C)cc1. The molecule has 3 amide bonds. The summed E-state index contributed by atoms with van der Waals surface area (Å²) in [6, 6.07) is 12.5. The second-order valence-electron chi connectivity index (χ2n) is 6.61. The van der Waals surface area contributed by atoms with Crippen molar-refractivity contribution in [1.29, 1.82) is 0 Å². The molecule has 158 valence electrons. The van der Waals surface area contributed by atoms with Crippen LogP contribution in [-0.2, 0) is 14.4 Å². The highest BCUT2D eigenvalue weighted by molar-refractivity contribution is 6.35. The number of anilines is 1. The van der Waals surface area contributed by atoms with Gasteiger partial charge < -0.3 is 15.4 Å². The van der Waals surface area contributed by atoms with Crippen molar-refractivity contribution in [2.75, 3.05) is 18.5 Å². The number of rotatable bonds is 8. The standard InChI is InChI=1S/C22H26N4O4/c1-4-12-23-21(28)22(29)26-24-13-17-8-10-18(11-9-17)30-14-20(27)25-19-7-5-6-15(2)16(19)3/h5-11,13H,4,12,14H2,1-3H3,(H,23,28)(H,25,27)(H,26,29)/b24-13-. The Morgan fingerprint density at radius 3 is 2.47 bits per heavy atom. The molecule has 2 aromatic carbocycles. The fraction of sp³-hybridized carbons (Fsp3) is 0.273. The maximum absolute atomic E-state index is 12.1. The zero-order valence-corrected chi connectivity index (χ0v) is 17.3. The molecule has 0 heterocycles. The quantitative estimate of drug-likeness (QED) is 0.352. The van der Waals surface area contributed by atoms with Crippen LogP contribution >= 0.6 is 0 Å². The van der Waals surface area contributed by atoms with E-state index in [1.165, 1.54) is 6.21 Å². The second kappa shape index (κ2) is 11.4. The van der Waals surface area contributed by atoms with E-state index in [-0.39, 0.29) is 12.5 Å². The van der Waals surface area contributed by atoms with Crippen molar-refractivity contribution in [1.82, 2.24) is 10.7 Å². The van der Waals surface area contributed by atoms with Gasteiger partial charge in [0.15, 0.2) is 6.61 Å². The number of hydrogen-bond acceptors (Lipinski definition) is 5. The number of hydrogen-bond donors (Lipinski definition) is 3. The van der Waals surface area contributed by atoms with Crippen LogP contribution in [0.5, 0.6) is 5.75 Å². The molecule has 0 bridgehead atoms. The summed E-state index contributed by atoms with van der Waals surface area (Å²) in [5.74, 6) is -1.28. The molecule has 0 aliphatic rings. The monoisotopic (exact) mass is 410 g/mol. The Bertz CT molecular complexity index is 923. The predicted molar refractivity (Wildman–Crippen MR) is 116 cm³/mol. The van der Waals surface area contributed by atoms with Crippen LogP contribution in [0.1, 0.15) is 30.0 Å². The fourth-order valence-electron chi connectivity index (χ4n) is 2.41.